The number of hydrogen-bond acceptors (Lipinski definition) is 5. The molecule has 36 heavy (non-hydrogen) atoms. The fourth-order valence-corrected chi connectivity index (χ4v) is 5.02. The van der Waals surface area contributed by atoms with Crippen LogP contribution in [0.15, 0.2) is 66.7 Å². The van der Waals surface area contributed by atoms with Crippen molar-refractivity contribution in [3.63, 3.8) is 0 Å². The van der Waals surface area contributed by atoms with Crippen molar-refractivity contribution in [2.24, 2.45) is 0 Å². The van der Waals surface area contributed by atoms with Crippen LogP contribution in [0.5, 0.6) is 5.75 Å². The standard InChI is InChI=1S/C29H33NO6/c1-29(2)35-19-25(36-29)18-33-24-11-9-22(10-12-24)26-13-14-30(28(31)32)16-27(26)34-17-20-7-8-21-5-3-4-6-23(21)15-20/h3-12,15,25-27H,13-14,16-19H2,1-2H3,(H,31,32)/t25-,26+,27-/m0/s1. The molecule has 2 fully saturated rings. The van der Waals surface area contributed by atoms with Crippen LogP contribution in [-0.2, 0) is 20.8 Å². The third kappa shape index (κ3) is 5.81. The number of amides is 1. The molecule has 0 saturated carbocycles. The Kier molecular flexibility index (Phi) is 7.14. The molecule has 0 radical (unpaired) electrons. The number of hydrogen-bond donors (Lipinski definition) is 1. The van der Waals surface area contributed by atoms with Crippen molar-refractivity contribution in [1.82, 2.24) is 4.90 Å². The third-order valence-electron chi connectivity index (χ3n) is 6.92. The molecular weight excluding hydrogens is 458 g/mol. The van der Waals surface area contributed by atoms with E-state index in [2.05, 4.69) is 42.5 Å². The normalized spacial score (nSPS) is 23.6. The summed E-state index contributed by atoms with van der Waals surface area (Å²) in [4.78, 5) is 13.1. The summed E-state index contributed by atoms with van der Waals surface area (Å²) in [5.74, 6) is 0.302. The van der Waals surface area contributed by atoms with Gasteiger partial charge in [0.2, 0.25) is 0 Å². The molecule has 0 spiro atoms. The summed E-state index contributed by atoms with van der Waals surface area (Å²) in [6.45, 7) is 6.01. The molecule has 1 amide bonds. The smallest absolute Gasteiger partial charge is 0.407 e. The molecule has 0 aromatic heterocycles. The van der Waals surface area contributed by atoms with Crippen LogP contribution in [0.2, 0.25) is 0 Å². The topological polar surface area (TPSA) is 77.5 Å². The molecule has 1 N–H and O–H groups in total. The van der Waals surface area contributed by atoms with E-state index in [1.54, 1.807) is 0 Å². The summed E-state index contributed by atoms with van der Waals surface area (Å²) >= 11 is 0. The molecule has 2 aliphatic rings. The average Bonchev–Trinajstić information content (AvgIpc) is 3.24. The Morgan fingerprint density at radius 1 is 1.08 bits per heavy atom. The zero-order valence-corrected chi connectivity index (χ0v) is 20.8. The van der Waals surface area contributed by atoms with Gasteiger partial charge in [0.15, 0.2) is 5.79 Å². The van der Waals surface area contributed by atoms with Crippen LogP contribution in [0.4, 0.5) is 4.79 Å². The van der Waals surface area contributed by atoms with Gasteiger partial charge in [-0.25, -0.2) is 4.79 Å². The van der Waals surface area contributed by atoms with Gasteiger partial charge in [-0.05, 0) is 60.4 Å². The first-order valence-corrected chi connectivity index (χ1v) is 12.5. The Hall–Kier alpha value is -3.13. The highest BCUT2D eigenvalue weighted by molar-refractivity contribution is 5.82. The molecule has 7 nitrogen and oxygen atoms in total. The van der Waals surface area contributed by atoms with Crippen molar-refractivity contribution >= 4 is 16.9 Å². The monoisotopic (exact) mass is 491 g/mol. The lowest BCUT2D eigenvalue weighted by Crippen LogP contribution is -2.46. The molecule has 3 aromatic rings. The fourth-order valence-electron chi connectivity index (χ4n) is 5.02. The third-order valence-corrected chi connectivity index (χ3v) is 6.92. The molecule has 3 aromatic carbocycles. The molecular formula is C29H33NO6. The number of nitrogens with zero attached hydrogens (tertiary/aromatic N) is 1. The number of fused-ring (bicyclic) bond motifs is 1. The second-order valence-corrected chi connectivity index (χ2v) is 9.99. The molecule has 5 rings (SSSR count). The van der Waals surface area contributed by atoms with Crippen molar-refractivity contribution in [1.29, 1.82) is 0 Å². The van der Waals surface area contributed by atoms with Gasteiger partial charge in [-0.15, -0.1) is 0 Å². The highest BCUT2D eigenvalue weighted by Gasteiger charge is 2.34. The van der Waals surface area contributed by atoms with Crippen molar-refractivity contribution in [2.45, 2.75) is 50.8 Å². The first-order valence-electron chi connectivity index (χ1n) is 12.5. The van der Waals surface area contributed by atoms with Gasteiger partial charge in [-0.1, -0.05) is 48.5 Å². The van der Waals surface area contributed by atoms with E-state index in [0.29, 0.717) is 39.3 Å². The van der Waals surface area contributed by atoms with E-state index in [0.717, 1.165) is 16.9 Å². The largest absolute Gasteiger partial charge is 0.491 e. The maximum absolute atomic E-state index is 11.7. The highest BCUT2D eigenvalue weighted by atomic mass is 16.7. The summed E-state index contributed by atoms with van der Waals surface area (Å²) in [7, 11) is 0. The van der Waals surface area contributed by atoms with E-state index in [9.17, 15) is 9.90 Å². The van der Waals surface area contributed by atoms with E-state index < -0.39 is 11.9 Å². The number of carboxylic acid groups (broad SMARTS) is 1. The number of likely N-dealkylation sites (tertiary alicyclic amines) is 1. The summed E-state index contributed by atoms with van der Waals surface area (Å²) in [5.41, 5.74) is 2.20. The SMILES string of the molecule is CC1(C)OC[C@H](COc2ccc([C@H]3CCN(C(=O)O)C[C@@H]3OCc3ccc4ccccc4c3)cc2)O1. The lowest BCUT2D eigenvalue weighted by atomic mass is 9.87. The second-order valence-electron chi connectivity index (χ2n) is 9.99. The molecule has 190 valence electrons. The first kappa shape index (κ1) is 24.6. The minimum absolute atomic E-state index is 0.0899. The summed E-state index contributed by atoms with van der Waals surface area (Å²) < 4.78 is 23.7. The summed E-state index contributed by atoms with van der Waals surface area (Å²) in [6, 6.07) is 22.6. The molecule has 0 bridgehead atoms. The predicted octanol–water partition coefficient (Wildman–Crippen LogP) is 5.42. The van der Waals surface area contributed by atoms with Crippen LogP contribution in [0.25, 0.3) is 10.8 Å². The molecule has 2 saturated heterocycles. The van der Waals surface area contributed by atoms with E-state index in [-0.39, 0.29) is 18.1 Å². The van der Waals surface area contributed by atoms with Crippen LogP contribution >= 0.6 is 0 Å². The lowest BCUT2D eigenvalue weighted by molar-refractivity contribution is -0.141. The minimum atomic E-state index is -0.905. The molecule has 7 heteroatoms. The summed E-state index contributed by atoms with van der Waals surface area (Å²) in [5, 5.41) is 11.9. The summed E-state index contributed by atoms with van der Waals surface area (Å²) in [6.07, 6.45) is -0.526. The van der Waals surface area contributed by atoms with Gasteiger partial charge in [0.25, 0.3) is 0 Å². The van der Waals surface area contributed by atoms with Crippen LogP contribution in [-0.4, -0.2) is 60.4 Å². The molecule has 0 aliphatic carbocycles. The first-order chi connectivity index (χ1) is 17.4. The van der Waals surface area contributed by atoms with E-state index >= 15 is 0 Å². The highest BCUT2D eigenvalue weighted by Crippen LogP contribution is 2.33. The number of benzene rings is 3. The number of carbonyl (C=O) groups is 1. The van der Waals surface area contributed by atoms with Crippen LogP contribution < -0.4 is 4.74 Å². The Morgan fingerprint density at radius 2 is 1.86 bits per heavy atom. The number of ether oxygens (including phenoxy) is 4. The van der Waals surface area contributed by atoms with Gasteiger partial charge in [-0.2, -0.15) is 0 Å². The number of rotatable bonds is 7. The van der Waals surface area contributed by atoms with E-state index in [1.807, 2.05) is 38.1 Å². The Morgan fingerprint density at radius 3 is 2.58 bits per heavy atom. The molecule has 0 unspecified atom stereocenters. The maximum Gasteiger partial charge on any atom is 0.407 e. The van der Waals surface area contributed by atoms with Gasteiger partial charge < -0.3 is 29.0 Å². The maximum atomic E-state index is 11.7. The fraction of sp³-hybridized carbons (Fsp3) is 0.414. The van der Waals surface area contributed by atoms with Gasteiger partial charge in [0, 0.05) is 12.5 Å². The van der Waals surface area contributed by atoms with E-state index in [4.69, 9.17) is 18.9 Å². The lowest BCUT2D eigenvalue weighted by Gasteiger charge is -2.37. The molecule has 2 heterocycles. The second kappa shape index (κ2) is 10.5. The van der Waals surface area contributed by atoms with Crippen molar-refractivity contribution in [2.75, 3.05) is 26.3 Å². The van der Waals surface area contributed by atoms with Crippen LogP contribution in [0.3, 0.4) is 0 Å². The van der Waals surface area contributed by atoms with Crippen LogP contribution in [0, 0.1) is 0 Å². The van der Waals surface area contributed by atoms with Crippen molar-refractivity contribution in [3.8, 4) is 5.75 Å². The number of piperidine rings is 1. The average molecular weight is 492 g/mol. The zero-order valence-electron chi connectivity index (χ0n) is 20.8. The van der Waals surface area contributed by atoms with Crippen LogP contribution in [0.1, 0.15) is 37.3 Å². The van der Waals surface area contributed by atoms with E-state index in [1.165, 1.54) is 15.7 Å². The molecule has 2 aliphatic heterocycles. The quantitative estimate of drug-likeness (QED) is 0.475. The molecule has 3 atom stereocenters. The van der Waals surface area contributed by atoms with Crippen molar-refractivity contribution < 1.29 is 28.8 Å². The zero-order chi connectivity index (χ0) is 25.1. The minimum Gasteiger partial charge on any atom is -0.491 e. The Labute approximate surface area is 211 Å². The Balaban J connectivity index is 1.24. The van der Waals surface area contributed by atoms with Crippen molar-refractivity contribution in [3.05, 3.63) is 77.9 Å². The van der Waals surface area contributed by atoms with Gasteiger partial charge in [0.1, 0.15) is 18.5 Å². The predicted molar refractivity (Wildman–Crippen MR) is 136 cm³/mol. The Bertz CT molecular complexity index is 1190. The van der Waals surface area contributed by atoms with Gasteiger partial charge >= 0.3 is 6.09 Å². The van der Waals surface area contributed by atoms with Gasteiger partial charge in [-0.3, -0.25) is 0 Å². The van der Waals surface area contributed by atoms with Gasteiger partial charge in [0.05, 0.1) is 25.9 Å².